The molecule has 26 heteroatoms. The van der Waals surface area contributed by atoms with Gasteiger partial charge in [0.1, 0.15) is 30.2 Å². The second kappa shape index (κ2) is 27.5. The van der Waals surface area contributed by atoms with Crippen molar-refractivity contribution in [2.75, 3.05) is 70.3 Å². The van der Waals surface area contributed by atoms with Crippen LogP contribution in [-0.4, -0.2) is 202 Å². The smallest absolute Gasteiger partial charge is 0.317 e. The fourth-order valence-electron chi connectivity index (χ4n) is 9.67. The van der Waals surface area contributed by atoms with Crippen LogP contribution in [0.5, 0.6) is 0 Å². The van der Waals surface area contributed by atoms with Gasteiger partial charge < -0.3 is 57.1 Å². The highest BCUT2D eigenvalue weighted by Gasteiger charge is 2.46. The Bertz CT molecular complexity index is 2520. The summed E-state index contributed by atoms with van der Waals surface area (Å²) in [5, 5.41) is 53.4. The number of nitrogens with one attached hydrogen (secondary N) is 6. The van der Waals surface area contributed by atoms with Crippen molar-refractivity contribution in [3.05, 3.63) is 64.7 Å². The minimum absolute atomic E-state index is 0.142. The Kier molecular flexibility index (Phi) is 21.0. The van der Waals surface area contributed by atoms with Gasteiger partial charge in [-0.05, 0) is 47.4 Å². The van der Waals surface area contributed by atoms with E-state index in [1.54, 1.807) is 47.9 Å². The molecule has 10 N–H and O–H groups in total. The van der Waals surface area contributed by atoms with E-state index in [4.69, 9.17) is 4.74 Å². The number of carboxylic acid groups (broad SMARTS) is 3. The summed E-state index contributed by atoms with van der Waals surface area (Å²) in [5.41, 5.74) is 3.50. The van der Waals surface area contributed by atoms with Gasteiger partial charge in [-0.15, -0.1) is 0 Å². The largest absolute Gasteiger partial charge is 0.481 e. The van der Waals surface area contributed by atoms with Crippen molar-refractivity contribution in [3.63, 3.8) is 0 Å². The molecular weight excluding hydrogens is 1010 g/mol. The highest BCUT2D eigenvalue weighted by Crippen LogP contribution is 2.39. The predicted octanol–water partition coefficient (Wildman–Crippen LogP) is -2.93. The molecule has 2 aromatic carbocycles. The number of esters is 1. The predicted molar refractivity (Wildman–Crippen MR) is 270 cm³/mol. The zero-order valence-electron chi connectivity index (χ0n) is 43.0. The van der Waals surface area contributed by atoms with Crippen LogP contribution < -0.4 is 36.8 Å². The minimum atomic E-state index is -1.55. The van der Waals surface area contributed by atoms with Crippen molar-refractivity contribution in [3.8, 4) is 0 Å². The summed E-state index contributed by atoms with van der Waals surface area (Å²) >= 11 is 0. The molecule has 2 aromatic rings. The first-order valence-corrected chi connectivity index (χ1v) is 25.6. The highest BCUT2D eigenvalue weighted by atomic mass is 16.6. The lowest BCUT2D eigenvalue weighted by Gasteiger charge is -2.30. The van der Waals surface area contributed by atoms with Gasteiger partial charge in [-0.25, -0.2) is 0 Å². The lowest BCUT2D eigenvalue weighted by atomic mass is 9.97. The Morgan fingerprint density at radius 2 is 1.31 bits per heavy atom. The topological polar surface area (TPSA) is 363 Å². The zero-order chi connectivity index (χ0) is 55.9. The number of aryl methyl sites for hydroxylation is 1. The standard InChI is InChI=1S/C51H68N10O16/c1-3-29(2)45(49(74)55-35-12-11-32-5-4-6-33-22-37(61(46(32)33)50(35)75)48(73)56-36-23-44(71)77-51(36)76)57-40(64)25-52-39(63)24-53-47(72)34(13-14-41(65)66)54-38(62)21-30-7-9-31(10-8-30)26-58-15-17-59(27-42(67)68)19-20-60(18-16-58)28-43(69)70/h4-10,29,34-37,45,51,76H,3,11-28H2,1-2H3,(H,52,63)(H,53,72)(H,54,62)(H,55,74)(H,56,73)(H,57,64)(H,65,66)(H,67,68)(H,69,70)/t29-,34-,35-,36?,37-,45-,51?/m0/s1. The van der Waals surface area contributed by atoms with E-state index < -0.39 is 127 Å². The molecule has 0 aliphatic carbocycles. The van der Waals surface area contributed by atoms with E-state index in [0.717, 1.165) is 16.7 Å². The maximum absolute atomic E-state index is 14.3. The van der Waals surface area contributed by atoms with Crippen LogP contribution in [0.4, 0.5) is 5.69 Å². The molecule has 0 bridgehead atoms. The first kappa shape index (κ1) is 58.7. The fourth-order valence-corrected chi connectivity index (χ4v) is 9.67. The number of hydrogen-bond donors (Lipinski definition) is 10. The monoisotopic (exact) mass is 1080 g/mol. The zero-order valence-corrected chi connectivity index (χ0v) is 43.0. The molecule has 0 spiro atoms. The lowest BCUT2D eigenvalue weighted by molar-refractivity contribution is -0.155. The summed E-state index contributed by atoms with van der Waals surface area (Å²) in [7, 11) is 0. The number of hydrogen-bond acceptors (Lipinski definition) is 16. The molecule has 2 saturated heterocycles. The van der Waals surface area contributed by atoms with Gasteiger partial charge in [-0.2, -0.15) is 0 Å². The SMILES string of the molecule is CC[C@H](C)[C@H](NC(=O)CNC(=O)CNC(=O)[C@H](CCC(=O)O)NC(=O)Cc1ccc(CN2CCN(CC(=O)O)CCN(CC(=O)O)CC2)cc1)C(=O)N[C@H]1CCc2cccc3c2N(C1=O)[C@H](C(=O)NC1CC(=O)OC1O)C3. The quantitative estimate of drug-likeness (QED) is 0.0471. The van der Waals surface area contributed by atoms with Crippen molar-refractivity contribution in [1.82, 2.24) is 46.6 Å². The van der Waals surface area contributed by atoms with Crippen molar-refractivity contribution < 1.29 is 77.9 Å². The number of carbonyl (C=O) groups is 11. The van der Waals surface area contributed by atoms with Gasteiger partial charge in [0, 0.05) is 58.7 Å². The third kappa shape index (κ3) is 17.0. The van der Waals surface area contributed by atoms with Crippen LogP contribution in [0, 0.1) is 5.92 Å². The number of anilines is 1. The molecule has 2 fully saturated rings. The van der Waals surface area contributed by atoms with E-state index in [1.807, 2.05) is 18.2 Å². The van der Waals surface area contributed by atoms with Gasteiger partial charge in [0.15, 0.2) is 0 Å². The molecule has 418 valence electrons. The normalized spacial score (nSPS) is 21.1. The molecule has 0 radical (unpaired) electrons. The lowest BCUT2D eigenvalue weighted by Crippen LogP contribution is -2.59. The number of nitrogens with zero attached hydrogens (tertiary/aromatic N) is 4. The number of aliphatic carboxylic acids is 3. The second-order valence-corrected chi connectivity index (χ2v) is 19.7. The summed E-state index contributed by atoms with van der Waals surface area (Å²) in [4.78, 5) is 147. The molecule has 4 aliphatic rings. The molecule has 0 aromatic heterocycles. The van der Waals surface area contributed by atoms with E-state index >= 15 is 0 Å². The summed E-state index contributed by atoms with van der Waals surface area (Å²) in [6.45, 7) is 5.11. The summed E-state index contributed by atoms with van der Waals surface area (Å²) in [5.74, 6) is -9.30. The average Bonchev–Trinajstić information content (AvgIpc) is 3.93. The van der Waals surface area contributed by atoms with E-state index in [1.165, 1.54) is 4.90 Å². The third-order valence-corrected chi connectivity index (χ3v) is 14.0. The number of amides is 7. The number of cyclic esters (lactones) is 1. The van der Waals surface area contributed by atoms with Gasteiger partial charge in [0.25, 0.3) is 0 Å². The van der Waals surface area contributed by atoms with Gasteiger partial charge >= 0.3 is 23.9 Å². The Morgan fingerprint density at radius 3 is 1.91 bits per heavy atom. The third-order valence-electron chi connectivity index (χ3n) is 14.0. The number of carbonyl (C=O) groups excluding carboxylic acids is 8. The Balaban J connectivity index is 0.979. The number of para-hydroxylation sites is 1. The maximum Gasteiger partial charge on any atom is 0.317 e. The number of ether oxygens (including phenoxy) is 1. The first-order chi connectivity index (χ1) is 36.7. The van der Waals surface area contributed by atoms with E-state index in [9.17, 15) is 73.2 Å². The van der Waals surface area contributed by atoms with Crippen molar-refractivity contribution >= 4 is 70.9 Å². The molecule has 4 heterocycles. The van der Waals surface area contributed by atoms with E-state index in [2.05, 4.69) is 36.8 Å². The summed E-state index contributed by atoms with van der Waals surface area (Å²) in [6, 6.07) is 6.75. The first-order valence-electron chi connectivity index (χ1n) is 25.6. The number of aliphatic hydroxyl groups excluding tert-OH is 1. The van der Waals surface area contributed by atoms with Crippen LogP contribution in [0.15, 0.2) is 42.5 Å². The molecule has 7 atom stereocenters. The Hall–Kier alpha value is -7.55. The Labute approximate surface area is 443 Å². The molecular formula is C51H68N10O16. The minimum Gasteiger partial charge on any atom is -0.481 e. The second-order valence-electron chi connectivity index (χ2n) is 19.7. The van der Waals surface area contributed by atoms with Crippen molar-refractivity contribution in [2.24, 2.45) is 5.92 Å². The van der Waals surface area contributed by atoms with E-state index in [-0.39, 0.29) is 45.2 Å². The van der Waals surface area contributed by atoms with E-state index in [0.29, 0.717) is 69.9 Å². The molecule has 6 rings (SSSR count). The number of rotatable bonds is 24. The number of carboxylic acids is 3. The summed E-state index contributed by atoms with van der Waals surface area (Å²) < 4.78 is 4.75. The molecule has 2 unspecified atom stereocenters. The van der Waals surface area contributed by atoms with Crippen LogP contribution in [0.1, 0.15) is 68.2 Å². The molecule has 4 aliphatic heterocycles. The number of benzene rings is 2. The molecule has 0 saturated carbocycles. The number of aliphatic hydroxyl groups is 1. The maximum atomic E-state index is 14.3. The van der Waals surface area contributed by atoms with Crippen LogP contribution in [0.3, 0.4) is 0 Å². The van der Waals surface area contributed by atoms with Gasteiger partial charge in [-0.1, -0.05) is 62.7 Å². The van der Waals surface area contributed by atoms with Gasteiger partial charge in [-0.3, -0.25) is 72.3 Å². The van der Waals surface area contributed by atoms with Crippen molar-refractivity contribution in [2.45, 2.75) is 108 Å². The molecule has 77 heavy (non-hydrogen) atoms. The van der Waals surface area contributed by atoms with Crippen LogP contribution >= 0.6 is 0 Å². The fraction of sp³-hybridized carbons (Fsp3) is 0.549. The average molecular weight is 1080 g/mol. The van der Waals surface area contributed by atoms with Crippen molar-refractivity contribution in [1.29, 1.82) is 0 Å². The Morgan fingerprint density at radius 1 is 0.701 bits per heavy atom. The highest BCUT2D eigenvalue weighted by molar-refractivity contribution is 6.08. The van der Waals surface area contributed by atoms with Crippen LogP contribution in [-0.2, 0) is 83.3 Å². The van der Waals surface area contributed by atoms with Gasteiger partial charge in [0.2, 0.25) is 47.6 Å². The molecule has 26 nitrogen and oxygen atoms in total. The van der Waals surface area contributed by atoms with Crippen LogP contribution in [0.2, 0.25) is 0 Å². The van der Waals surface area contributed by atoms with Crippen LogP contribution in [0.25, 0.3) is 0 Å². The molecule has 7 amide bonds. The summed E-state index contributed by atoms with van der Waals surface area (Å²) in [6.07, 6.45) is -1.70. The van der Waals surface area contributed by atoms with Gasteiger partial charge in [0.05, 0.1) is 44.7 Å².